The van der Waals surface area contributed by atoms with Gasteiger partial charge in [0.15, 0.2) is 5.96 Å². The summed E-state index contributed by atoms with van der Waals surface area (Å²) in [4.78, 5) is 13.5. The molecule has 0 fully saturated rings. The van der Waals surface area contributed by atoms with Gasteiger partial charge in [0.05, 0.1) is 12.2 Å². The number of aliphatic imine (C=N–C) groups is 1. The largest absolute Gasteiger partial charge is 0.375 e. The first-order valence-corrected chi connectivity index (χ1v) is 10.6. The van der Waals surface area contributed by atoms with E-state index in [0.29, 0.717) is 0 Å². The highest BCUT2D eigenvalue weighted by atomic mass is 127. The van der Waals surface area contributed by atoms with Crippen LogP contribution >= 0.6 is 35.3 Å². The number of ether oxygens (including phenoxy) is 1. The lowest BCUT2D eigenvalue weighted by Gasteiger charge is -2.22. The summed E-state index contributed by atoms with van der Waals surface area (Å²) >= 11 is 1.64. The number of benzene rings is 1. The maximum atomic E-state index is 5.34. The van der Waals surface area contributed by atoms with Crippen molar-refractivity contribution in [3.63, 3.8) is 0 Å². The highest BCUT2D eigenvalue weighted by molar-refractivity contribution is 14.0. The Hall–Kier alpha value is -1.39. The zero-order chi connectivity index (χ0) is 20.4. The molecule has 0 radical (unpaired) electrons. The second-order valence-electron chi connectivity index (χ2n) is 6.85. The zero-order valence-corrected chi connectivity index (χ0v) is 21.2. The van der Waals surface area contributed by atoms with Gasteiger partial charge in [-0.05, 0) is 31.9 Å². The molecule has 6 nitrogen and oxygen atoms in total. The van der Waals surface area contributed by atoms with Crippen molar-refractivity contribution in [3.05, 3.63) is 46.4 Å². The lowest BCUT2D eigenvalue weighted by Crippen LogP contribution is -2.39. The van der Waals surface area contributed by atoms with Crippen LogP contribution in [-0.4, -0.2) is 57.2 Å². The Morgan fingerprint density at radius 3 is 2.62 bits per heavy atom. The van der Waals surface area contributed by atoms with Crippen molar-refractivity contribution >= 4 is 47.0 Å². The van der Waals surface area contributed by atoms with E-state index < -0.39 is 0 Å². The van der Waals surface area contributed by atoms with E-state index in [-0.39, 0.29) is 30.1 Å². The van der Waals surface area contributed by atoms with Crippen molar-refractivity contribution in [2.75, 3.05) is 46.2 Å². The predicted octanol–water partition coefficient (Wildman–Crippen LogP) is 4.39. The standard InChI is InChI=1S/C21H33N5OS.HI/c1-17(27-5)20-24-18(16-28-20)15-26(4)21(22-2)23-13-9-10-14-25(3)19-11-7-6-8-12-19;/h6-8,11-12,16-17H,9-10,13-15H2,1-5H3,(H,22,23);1H. The summed E-state index contributed by atoms with van der Waals surface area (Å²) in [6, 6.07) is 10.5. The maximum absolute atomic E-state index is 5.34. The third-order valence-corrected chi connectivity index (χ3v) is 5.70. The predicted molar refractivity (Wildman–Crippen MR) is 135 cm³/mol. The minimum absolute atomic E-state index is 0. The second kappa shape index (κ2) is 13.8. The molecule has 0 aliphatic heterocycles. The molecule has 1 N–H and O–H groups in total. The number of aromatic nitrogens is 1. The first-order chi connectivity index (χ1) is 13.5. The normalized spacial score (nSPS) is 12.2. The minimum atomic E-state index is 0. The van der Waals surface area contributed by atoms with E-state index in [4.69, 9.17) is 4.74 Å². The van der Waals surface area contributed by atoms with Crippen molar-refractivity contribution in [2.45, 2.75) is 32.4 Å². The smallest absolute Gasteiger partial charge is 0.193 e. The van der Waals surface area contributed by atoms with E-state index in [2.05, 4.69) is 61.8 Å². The highest BCUT2D eigenvalue weighted by Crippen LogP contribution is 2.20. The molecule has 0 saturated heterocycles. The number of methoxy groups -OCH3 is 1. The van der Waals surface area contributed by atoms with Crippen molar-refractivity contribution in [3.8, 4) is 0 Å². The molecule has 0 aliphatic rings. The van der Waals surface area contributed by atoms with Crippen LogP contribution in [0.1, 0.15) is 36.6 Å². The van der Waals surface area contributed by atoms with Crippen LogP contribution in [0.3, 0.4) is 0 Å². The van der Waals surface area contributed by atoms with E-state index in [9.17, 15) is 0 Å². The molecule has 2 rings (SSSR count). The van der Waals surface area contributed by atoms with Gasteiger partial charge in [-0.15, -0.1) is 35.3 Å². The number of nitrogens with zero attached hydrogens (tertiary/aromatic N) is 4. The number of hydrogen-bond acceptors (Lipinski definition) is 5. The molecule has 1 aromatic heterocycles. The summed E-state index contributed by atoms with van der Waals surface area (Å²) in [7, 11) is 7.71. The second-order valence-corrected chi connectivity index (χ2v) is 7.74. The fraction of sp³-hybridized carbons (Fsp3) is 0.524. The average molecular weight is 532 g/mol. The van der Waals surface area contributed by atoms with Crippen LogP contribution in [0.4, 0.5) is 5.69 Å². The van der Waals surface area contributed by atoms with E-state index in [1.165, 1.54) is 5.69 Å². The monoisotopic (exact) mass is 531 g/mol. The number of hydrogen-bond donors (Lipinski definition) is 1. The molecule has 0 bridgehead atoms. The van der Waals surface area contributed by atoms with Crippen LogP contribution in [-0.2, 0) is 11.3 Å². The van der Waals surface area contributed by atoms with Crippen molar-refractivity contribution in [2.24, 2.45) is 4.99 Å². The van der Waals surface area contributed by atoms with Crippen molar-refractivity contribution < 1.29 is 4.74 Å². The lowest BCUT2D eigenvalue weighted by atomic mass is 10.2. The quantitative estimate of drug-likeness (QED) is 0.213. The zero-order valence-electron chi connectivity index (χ0n) is 18.1. The molecule has 1 heterocycles. The van der Waals surface area contributed by atoms with Gasteiger partial charge in [0.2, 0.25) is 0 Å². The fourth-order valence-corrected chi connectivity index (χ4v) is 3.71. The highest BCUT2D eigenvalue weighted by Gasteiger charge is 2.12. The Labute approximate surface area is 196 Å². The van der Waals surface area contributed by atoms with Crippen LogP contribution in [0.25, 0.3) is 0 Å². The van der Waals surface area contributed by atoms with Crippen molar-refractivity contribution in [1.29, 1.82) is 0 Å². The van der Waals surface area contributed by atoms with Gasteiger partial charge in [-0.3, -0.25) is 4.99 Å². The maximum Gasteiger partial charge on any atom is 0.193 e. The molecular formula is C21H34IN5OS. The molecule has 0 saturated carbocycles. The Balaban J connectivity index is 0.00000420. The minimum Gasteiger partial charge on any atom is -0.375 e. The molecule has 29 heavy (non-hydrogen) atoms. The first kappa shape index (κ1) is 25.6. The van der Waals surface area contributed by atoms with Crippen LogP contribution < -0.4 is 10.2 Å². The molecule has 0 amide bonds. The number of guanidine groups is 1. The third kappa shape index (κ3) is 8.47. The van der Waals surface area contributed by atoms with Crippen LogP contribution in [0.15, 0.2) is 40.7 Å². The van der Waals surface area contributed by atoms with Crippen LogP contribution in [0, 0.1) is 0 Å². The topological polar surface area (TPSA) is 53.0 Å². The van der Waals surface area contributed by atoms with Gasteiger partial charge in [-0.1, -0.05) is 18.2 Å². The Morgan fingerprint density at radius 2 is 1.97 bits per heavy atom. The number of unbranched alkanes of at least 4 members (excludes halogenated alkanes) is 1. The Morgan fingerprint density at radius 1 is 1.24 bits per heavy atom. The molecule has 2 aromatic rings. The molecule has 8 heteroatoms. The summed E-state index contributed by atoms with van der Waals surface area (Å²) in [5, 5.41) is 6.55. The van der Waals surface area contributed by atoms with Crippen LogP contribution in [0.5, 0.6) is 0 Å². The van der Waals surface area contributed by atoms with E-state index in [0.717, 1.165) is 49.1 Å². The van der Waals surface area contributed by atoms with Gasteiger partial charge in [-0.25, -0.2) is 4.98 Å². The number of rotatable bonds is 10. The number of anilines is 1. The van der Waals surface area contributed by atoms with Gasteiger partial charge < -0.3 is 19.9 Å². The lowest BCUT2D eigenvalue weighted by molar-refractivity contribution is 0.119. The van der Waals surface area contributed by atoms with Gasteiger partial charge in [-0.2, -0.15) is 0 Å². The van der Waals surface area contributed by atoms with Crippen molar-refractivity contribution in [1.82, 2.24) is 15.2 Å². The van der Waals surface area contributed by atoms with E-state index >= 15 is 0 Å². The van der Waals surface area contributed by atoms with Crippen LogP contribution in [0.2, 0.25) is 0 Å². The number of halogens is 1. The number of para-hydroxylation sites is 1. The third-order valence-electron chi connectivity index (χ3n) is 4.64. The Kier molecular flexibility index (Phi) is 12.2. The number of thiazole rings is 1. The number of nitrogens with one attached hydrogen (secondary N) is 1. The Bertz CT molecular complexity index is 725. The summed E-state index contributed by atoms with van der Waals surface area (Å²) in [6.07, 6.45) is 2.26. The summed E-state index contributed by atoms with van der Waals surface area (Å²) in [6.45, 7) is 4.69. The first-order valence-electron chi connectivity index (χ1n) is 9.70. The van der Waals surface area contributed by atoms with Gasteiger partial charge in [0.1, 0.15) is 11.1 Å². The molecule has 1 atom stereocenters. The van der Waals surface area contributed by atoms with E-state index in [1.807, 2.05) is 27.1 Å². The molecule has 1 unspecified atom stereocenters. The SMILES string of the molecule is CN=C(NCCCCN(C)c1ccccc1)N(C)Cc1csc(C(C)OC)n1.I. The summed E-state index contributed by atoms with van der Waals surface area (Å²) in [5.74, 6) is 0.894. The molecule has 1 aromatic carbocycles. The van der Waals surface area contributed by atoms with E-state index in [1.54, 1.807) is 18.4 Å². The van der Waals surface area contributed by atoms with Gasteiger partial charge in [0.25, 0.3) is 0 Å². The molecule has 0 aliphatic carbocycles. The summed E-state index contributed by atoms with van der Waals surface area (Å²) in [5.41, 5.74) is 2.30. The summed E-state index contributed by atoms with van der Waals surface area (Å²) < 4.78 is 5.34. The van der Waals surface area contributed by atoms with Gasteiger partial charge >= 0.3 is 0 Å². The molecular weight excluding hydrogens is 497 g/mol. The average Bonchev–Trinajstić information content (AvgIpc) is 3.18. The molecule has 0 spiro atoms. The molecule has 162 valence electrons. The van der Waals surface area contributed by atoms with Gasteiger partial charge in [0, 0.05) is 52.4 Å². The fourth-order valence-electron chi connectivity index (χ4n) is 2.87.